The summed E-state index contributed by atoms with van der Waals surface area (Å²) in [6.07, 6.45) is 1.05. The standard InChI is InChI=1S/C13H22N2O/c1-11-9-12(10-14)5-6-13(11)16-8-4-7-15(2)3/h5-6,9H,4,7-8,10,14H2,1-3H3. The third-order valence-corrected chi connectivity index (χ3v) is 2.48. The fraction of sp³-hybridized carbons (Fsp3) is 0.538. The number of hydrogen-bond donors (Lipinski definition) is 1. The number of aryl methyl sites for hydroxylation is 1. The highest BCUT2D eigenvalue weighted by molar-refractivity contribution is 5.36. The summed E-state index contributed by atoms with van der Waals surface area (Å²) in [7, 11) is 4.14. The average Bonchev–Trinajstić information content (AvgIpc) is 2.25. The van der Waals surface area contributed by atoms with Crippen molar-refractivity contribution in [3.05, 3.63) is 29.3 Å². The van der Waals surface area contributed by atoms with Crippen LogP contribution < -0.4 is 10.5 Å². The van der Waals surface area contributed by atoms with E-state index < -0.39 is 0 Å². The Kier molecular flexibility index (Phi) is 5.29. The smallest absolute Gasteiger partial charge is 0.122 e. The summed E-state index contributed by atoms with van der Waals surface area (Å²) in [6.45, 7) is 4.46. The van der Waals surface area contributed by atoms with Gasteiger partial charge < -0.3 is 15.4 Å². The molecule has 0 saturated heterocycles. The van der Waals surface area contributed by atoms with E-state index in [1.807, 2.05) is 12.1 Å². The molecule has 16 heavy (non-hydrogen) atoms. The maximum Gasteiger partial charge on any atom is 0.122 e. The Labute approximate surface area is 98.2 Å². The van der Waals surface area contributed by atoms with Gasteiger partial charge in [0.2, 0.25) is 0 Å². The lowest BCUT2D eigenvalue weighted by molar-refractivity contribution is 0.280. The topological polar surface area (TPSA) is 38.5 Å². The third-order valence-electron chi connectivity index (χ3n) is 2.48. The molecule has 0 aliphatic rings. The summed E-state index contributed by atoms with van der Waals surface area (Å²) in [5, 5.41) is 0. The van der Waals surface area contributed by atoms with Gasteiger partial charge in [-0.3, -0.25) is 0 Å². The van der Waals surface area contributed by atoms with Crippen molar-refractivity contribution in [1.82, 2.24) is 4.90 Å². The minimum absolute atomic E-state index is 0.585. The molecular weight excluding hydrogens is 200 g/mol. The summed E-state index contributed by atoms with van der Waals surface area (Å²) < 4.78 is 5.72. The Bertz CT molecular complexity index is 324. The molecule has 0 fully saturated rings. The summed E-state index contributed by atoms with van der Waals surface area (Å²) in [5.41, 5.74) is 7.89. The third kappa shape index (κ3) is 4.21. The van der Waals surface area contributed by atoms with E-state index in [2.05, 4.69) is 32.0 Å². The van der Waals surface area contributed by atoms with Crippen LogP contribution in [-0.2, 0) is 6.54 Å². The highest BCUT2D eigenvalue weighted by atomic mass is 16.5. The van der Waals surface area contributed by atoms with Crippen LogP contribution in [0.2, 0.25) is 0 Å². The van der Waals surface area contributed by atoms with Crippen LogP contribution in [0, 0.1) is 6.92 Å². The Morgan fingerprint density at radius 2 is 2.06 bits per heavy atom. The SMILES string of the molecule is Cc1cc(CN)ccc1OCCCN(C)C. The van der Waals surface area contributed by atoms with E-state index in [0.29, 0.717) is 6.54 Å². The van der Waals surface area contributed by atoms with Crippen LogP contribution in [0.3, 0.4) is 0 Å². The van der Waals surface area contributed by atoms with Gasteiger partial charge in [-0.25, -0.2) is 0 Å². The number of rotatable bonds is 6. The van der Waals surface area contributed by atoms with Crippen molar-refractivity contribution >= 4 is 0 Å². The monoisotopic (exact) mass is 222 g/mol. The zero-order valence-electron chi connectivity index (χ0n) is 10.5. The van der Waals surface area contributed by atoms with E-state index in [1.165, 1.54) is 0 Å². The van der Waals surface area contributed by atoms with Crippen molar-refractivity contribution in [1.29, 1.82) is 0 Å². The van der Waals surface area contributed by atoms with Crippen molar-refractivity contribution < 1.29 is 4.74 Å². The van der Waals surface area contributed by atoms with Gasteiger partial charge >= 0.3 is 0 Å². The molecule has 0 heterocycles. The van der Waals surface area contributed by atoms with E-state index in [9.17, 15) is 0 Å². The number of ether oxygens (including phenoxy) is 1. The first kappa shape index (κ1) is 13.0. The Morgan fingerprint density at radius 3 is 2.62 bits per heavy atom. The Hall–Kier alpha value is -1.06. The second kappa shape index (κ2) is 6.51. The van der Waals surface area contributed by atoms with E-state index >= 15 is 0 Å². The second-order valence-corrected chi connectivity index (χ2v) is 4.31. The van der Waals surface area contributed by atoms with Crippen molar-refractivity contribution in [2.45, 2.75) is 19.9 Å². The van der Waals surface area contributed by atoms with Gasteiger partial charge in [0.25, 0.3) is 0 Å². The molecule has 0 atom stereocenters. The molecule has 90 valence electrons. The van der Waals surface area contributed by atoms with E-state index in [-0.39, 0.29) is 0 Å². The lowest BCUT2D eigenvalue weighted by Gasteiger charge is -2.12. The van der Waals surface area contributed by atoms with Crippen LogP contribution >= 0.6 is 0 Å². The largest absolute Gasteiger partial charge is 0.493 e. The number of nitrogens with zero attached hydrogens (tertiary/aromatic N) is 1. The van der Waals surface area contributed by atoms with Gasteiger partial charge in [-0.05, 0) is 44.6 Å². The minimum Gasteiger partial charge on any atom is -0.493 e. The fourth-order valence-corrected chi connectivity index (χ4v) is 1.56. The molecule has 1 rings (SSSR count). The first-order chi connectivity index (χ1) is 7.63. The molecular formula is C13H22N2O. The van der Waals surface area contributed by atoms with Crippen LogP contribution in [0.5, 0.6) is 5.75 Å². The molecule has 0 amide bonds. The second-order valence-electron chi connectivity index (χ2n) is 4.31. The van der Waals surface area contributed by atoms with Gasteiger partial charge in [0.05, 0.1) is 6.61 Å². The van der Waals surface area contributed by atoms with Crippen LogP contribution in [0.25, 0.3) is 0 Å². The number of nitrogens with two attached hydrogens (primary N) is 1. The molecule has 0 saturated carbocycles. The van der Waals surface area contributed by atoms with E-state index in [4.69, 9.17) is 10.5 Å². The first-order valence-electron chi connectivity index (χ1n) is 5.70. The molecule has 0 radical (unpaired) electrons. The summed E-state index contributed by atoms with van der Waals surface area (Å²) in [6, 6.07) is 6.11. The molecule has 1 aromatic rings. The molecule has 0 bridgehead atoms. The Morgan fingerprint density at radius 1 is 1.31 bits per heavy atom. The predicted molar refractivity (Wildman–Crippen MR) is 67.7 cm³/mol. The summed E-state index contributed by atoms with van der Waals surface area (Å²) in [4.78, 5) is 2.16. The van der Waals surface area contributed by atoms with Gasteiger partial charge in [0.15, 0.2) is 0 Å². The zero-order chi connectivity index (χ0) is 12.0. The van der Waals surface area contributed by atoms with Crippen LogP contribution in [-0.4, -0.2) is 32.1 Å². The van der Waals surface area contributed by atoms with E-state index in [0.717, 1.165) is 36.4 Å². The summed E-state index contributed by atoms with van der Waals surface area (Å²) in [5.74, 6) is 0.968. The molecule has 0 spiro atoms. The van der Waals surface area contributed by atoms with Crippen LogP contribution in [0.4, 0.5) is 0 Å². The molecule has 3 heteroatoms. The quantitative estimate of drug-likeness (QED) is 0.746. The van der Waals surface area contributed by atoms with E-state index in [1.54, 1.807) is 0 Å². The number of hydrogen-bond acceptors (Lipinski definition) is 3. The van der Waals surface area contributed by atoms with Gasteiger partial charge in [-0.1, -0.05) is 12.1 Å². The normalized spacial score (nSPS) is 10.8. The minimum atomic E-state index is 0.585. The Balaban J connectivity index is 2.42. The highest BCUT2D eigenvalue weighted by Crippen LogP contribution is 2.18. The first-order valence-corrected chi connectivity index (χ1v) is 5.70. The molecule has 1 aromatic carbocycles. The maximum absolute atomic E-state index is 5.72. The highest BCUT2D eigenvalue weighted by Gasteiger charge is 2.00. The van der Waals surface area contributed by atoms with Crippen molar-refractivity contribution in [2.75, 3.05) is 27.2 Å². The fourth-order valence-electron chi connectivity index (χ4n) is 1.56. The molecule has 0 aromatic heterocycles. The van der Waals surface area contributed by atoms with Gasteiger partial charge in [-0.2, -0.15) is 0 Å². The molecule has 3 nitrogen and oxygen atoms in total. The van der Waals surface area contributed by atoms with Crippen LogP contribution in [0.1, 0.15) is 17.5 Å². The van der Waals surface area contributed by atoms with Crippen molar-refractivity contribution in [3.63, 3.8) is 0 Å². The average molecular weight is 222 g/mol. The lowest BCUT2D eigenvalue weighted by Crippen LogP contribution is -2.15. The van der Waals surface area contributed by atoms with Gasteiger partial charge in [0, 0.05) is 13.1 Å². The van der Waals surface area contributed by atoms with Crippen molar-refractivity contribution in [3.8, 4) is 5.75 Å². The summed E-state index contributed by atoms with van der Waals surface area (Å²) >= 11 is 0. The molecule has 2 N–H and O–H groups in total. The van der Waals surface area contributed by atoms with Crippen molar-refractivity contribution in [2.24, 2.45) is 5.73 Å². The molecule has 0 unspecified atom stereocenters. The number of benzene rings is 1. The zero-order valence-corrected chi connectivity index (χ0v) is 10.5. The van der Waals surface area contributed by atoms with Gasteiger partial charge in [0.1, 0.15) is 5.75 Å². The van der Waals surface area contributed by atoms with Gasteiger partial charge in [-0.15, -0.1) is 0 Å². The maximum atomic E-state index is 5.72. The lowest BCUT2D eigenvalue weighted by atomic mass is 10.1. The van der Waals surface area contributed by atoms with Crippen LogP contribution in [0.15, 0.2) is 18.2 Å². The molecule has 0 aliphatic carbocycles. The predicted octanol–water partition coefficient (Wildman–Crippen LogP) is 1.78. The molecule has 0 aliphatic heterocycles.